The summed E-state index contributed by atoms with van der Waals surface area (Å²) < 4.78 is 5.41. The molecular formula is C24H29N5O3S. The van der Waals surface area contributed by atoms with Gasteiger partial charge in [-0.2, -0.15) is 0 Å². The predicted octanol–water partition coefficient (Wildman–Crippen LogP) is 5.09. The molecule has 2 atom stereocenters. The lowest BCUT2D eigenvalue weighted by atomic mass is 9.98. The number of hydrogen-bond acceptors (Lipinski definition) is 6. The fourth-order valence-electron chi connectivity index (χ4n) is 3.08. The predicted molar refractivity (Wildman–Crippen MR) is 132 cm³/mol. The fraction of sp³-hybridized carbons (Fsp3) is 0.333. The Kier molecular flexibility index (Phi) is 8.37. The van der Waals surface area contributed by atoms with Crippen LogP contribution in [0.1, 0.15) is 32.8 Å². The molecule has 0 aliphatic heterocycles. The second kappa shape index (κ2) is 11.4. The van der Waals surface area contributed by atoms with Gasteiger partial charge in [0.1, 0.15) is 16.8 Å². The van der Waals surface area contributed by atoms with E-state index < -0.39 is 12.1 Å². The number of anilines is 2. The highest BCUT2D eigenvalue weighted by Crippen LogP contribution is 2.27. The molecule has 1 aromatic heterocycles. The van der Waals surface area contributed by atoms with E-state index in [9.17, 15) is 9.59 Å². The molecule has 3 amide bonds. The molecule has 0 fully saturated rings. The third-order valence-corrected chi connectivity index (χ3v) is 6.05. The zero-order valence-corrected chi connectivity index (χ0v) is 20.0. The van der Waals surface area contributed by atoms with E-state index in [4.69, 9.17) is 4.74 Å². The fourth-order valence-corrected chi connectivity index (χ4v) is 3.83. The molecule has 3 rings (SSSR count). The van der Waals surface area contributed by atoms with Gasteiger partial charge in [-0.25, -0.2) is 4.79 Å². The molecule has 1 heterocycles. The van der Waals surface area contributed by atoms with Crippen molar-refractivity contribution in [3.05, 3.63) is 54.1 Å². The number of nitrogens with one attached hydrogen (secondary N) is 3. The largest absolute Gasteiger partial charge is 0.494 e. The summed E-state index contributed by atoms with van der Waals surface area (Å²) >= 11 is 1.29. The number of amides is 3. The maximum absolute atomic E-state index is 13.0. The highest BCUT2D eigenvalue weighted by atomic mass is 32.1. The van der Waals surface area contributed by atoms with Gasteiger partial charge in [-0.3, -0.25) is 10.1 Å². The summed E-state index contributed by atoms with van der Waals surface area (Å²) in [6.45, 7) is 8.38. The van der Waals surface area contributed by atoms with Gasteiger partial charge in [-0.05, 0) is 44.0 Å². The average molecular weight is 468 g/mol. The minimum Gasteiger partial charge on any atom is -0.494 e. The van der Waals surface area contributed by atoms with Crippen molar-refractivity contribution in [1.29, 1.82) is 0 Å². The van der Waals surface area contributed by atoms with Crippen molar-refractivity contribution in [1.82, 2.24) is 15.5 Å². The van der Waals surface area contributed by atoms with Crippen molar-refractivity contribution in [2.24, 2.45) is 5.92 Å². The van der Waals surface area contributed by atoms with E-state index in [0.717, 1.165) is 16.9 Å². The van der Waals surface area contributed by atoms with Gasteiger partial charge in [-0.15, -0.1) is 10.2 Å². The van der Waals surface area contributed by atoms with Crippen molar-refractivity contribution < 1.29 is 14.3 Å². The molecule has 2 unspecified atom stereocenters. The standard InChI is InChI=1S/C24H29N5O3S/c1-5-16(4)20(26-23(31)25-18-11-13-19(14-12-18)32-6-2)21(30)27-24-29-28-22(33-24)17-9-7-15(3)8-10-17/h7-14,16,20H,5-6H2,1-4H3,(H2,25,26,31)(H,27,29,30). The maximum Gasteiger partial charge on any atom is 0.319 e. The summed E-state index contributed by atoms with van der Waals surface area (Å²) in [7, 11) is 0. The minimum absolute atomic E-state index is 0.0828. The number of benzene rings is 2. The number of rotatable bonds is 9. The summed E-state index contributed by atoms with van der Waals surface area (Å²) in [5.74, 6) is 0.306. The zero-order chi connectivity index (χ0) is 23.8. The molecule has 0 bridgehead atoms. The number of aromatic nitrogens is 2. The van der Waals surface area contributed by atoms with Crippen LogP contribution >= 0.6 is 11.3 Å². The zero-order valence-electron chi connectivity index (χ0n) is 19.2. The van der Waals surface area contributed by atoms with Crippen LogP contribution < -0.4 is 20.7 Å². The van der Waals surface area contributed by atoms with E-state index in [1.54, 1.807) is 24.3 Å². The molecule has 0 saturated heterocycles. The van der Waals surface area contributed by atoms with E-state index >= 15 is 0 Å². The Morgan fingerprint density at radius 3 is 2.33 bits per heavy atom. The highest BCUT2D eigenvalue weighted by Gasteiger charge is 2.27. The summed E-state index contributed by atoms with van der Waals surface area (Å²) in [6, 6.07) is 13.8. The van der Waals surface area contributed by atoms with E-state index in [0.29, 0.717) is 28.9 Å². The van der Waals surface area contributed by atoms with Crippen LogP contribution in [0.2, 0.25) is 0 Å². The van der Waals surface area contributed by atoms with Gasteiger partial charge in [-0.1, -0.05) is 61.4 Å². The Morgan fingerprint density at radius 1 is 1.00 bits per heavy atom. The van der Waals surface area contributed by atoms with Gasteiger partial charge in [0.15, 0.2) is 0 Å². The van der Waals surface area contributed by atoms with Crippen LogP contribution in [0, 0.1) is 12.8 Å². The Hall–Kier alpha value is -3.46. The number of carbonyl (C=O) groups excluding carboxylic acids is 2. The number of carbonyl (C=O) groups is 2. The molecular weight excluding hydrogens is 438 g/mol. The van der Waals surface area contributed by atoms with Crippen LogP contribution in [0.3, 0.4) is 0 Å². The number of aryl methyl sites for hydroxylation is 1. The van der Waals surface area contributed by atoms with Crippen molar-refractivity contribution >= 4 is 34.1 Å². The Morgan fingerprint density at radius 2 is 1.70 bits per heavy atom. The molecule has 0 spiro atoms. The lowest BCUT2D eigenvalue weighted by Crippen LogP contribution is -2.49. The van der Waals surface area contributed by atoms with Gasteiger partial charge < -0.3 is 15.4 Å². The number of nitrogens with zero attached hydrogens (tertiary/aromatic N) is 2. The number of ether oxygens (including phenoxy) is 1. The van der Waals surface area contributed by atoms with E-state index in [1.807, 2.05) is 52.0 Å². The molecule has 0 saturated carbocycles. The van der Waals surface area contributed by atoms with Gasteiger partial charge in [0, 0.05) is 11.3 Å². The molecule has 3 aromatic rings. The Bertz CT molecular complexity index is 1070. The highest BCUT2D eigenvalue weighted by molar-refractivity contribution is 7.18. The first-order valence-electron chi connectivity index (χ1n) is 10.9. The van der Waals surface area contributed by atoms with Crippen LogP contribution in [-0.2, 0) is 4.79 Å². The summed E-state index contributed by atoms with van der Waals surface area (Å²) in [6.07, 6.45) is 0.714. The maximum atomic E-state index is 13.0. The van der Waals surface area contributed by atoms with Gasteiger partial charge in [0.2, 0.25) is 11.0 Å². The first-order valence-corrected chi connectivity index (χ1v) is 11.7. The van der Waals surface area contributed by atoms with Crippen molar-refractivity contribution in [3.8, 4) is 16.3 Å². The SMILES string of the molecule is CCOc1ccc(NC(=O)NC(C(=O)Nc2nnc(-c3ccc(C)cc3)s2)C(C)CC)cc1. The van der Waals surface area contributed by atoms with Crippen LogP contribution in [-0.4, -0.2) is 34.8 Å². The number of urea groups is 1. The molecule has 33 heavy (non-hydrogen) atoms. The molecule has 174 valence electrons. The second-order valence-electron chi connectivity index (χ2n) is 7.69. The molecule has 0 aliphatic carbocycles. The first-order chi connectivity index (χ1) is 15.9. The lowest BCUT2D eigenvalue weighted by Gasteiger charge is -2.23. The summed E-state index contributed by atoms with van der Waals surface area (Å²) in [4.78, 5) is 25.5. The van der Waals surface area contributed by atoms with Crippen LogP contribution in [0.4, 0.5) is 15.6 Å². The minimum atomic E-state index is -0.732. The van der Waals surface area contributed by atoms with E-state index in [2.05, 4.69) is 26.1 Å². The van der Waals surface area contributed by atoms with Crippen molar-refractivity contribution in [2.45, 2.75) is 40.2 Å². The van der Waals surface area contributed by atoms with E-state index in [-0.39, 0.29) is 11.8 Å². The Labute approximate surface area is 197 Å². The third-order valence-electron chi connectivity index (χ3n) is 5.16. The topological polar surface area (TPSA) is 105 Å². The average Bonchev–Trinajstić information content (AvgIpc) is 3.27. The molecule has 8 nitrogen and oxygen atoms in total. The third kappa shape index (κ3) is 6.76. The summed E-state index contributed by atoms with van der Waals surface area (Å²) in [5.41, 5.74) is 2.69. The second-order valence-corrected chi connectivity index (χ2v) is 8.66. The smallest absolute Gasteiger partial charge is 0.319 e. The molecule has 3 N–H and O–H groups in total. The van der Waals surface area contributed by atoms with Gasteiger partial charge in [0.25, 0.3) is 0 Å². The number of hydrogen-bond donors (Lipinski definition) is 3. The van der Waals surface area contributed by atoms with Gasteiger partial charge >= 0.3 is 6.03 Å². The Balaban J connectivity index is 1.63. The summed E-state index contributed by atoms with van der Waals surface area (Å²) in [5, 5.41) is 17.7. The lowest BCUT2D eigenvalue weighted by molar-refractivity contribution is -0.119. The van der Waals surface area contributed by atoms with E-state index in [1.165, 1.54) is 11.3 Å². The van der Waals surface area contributed by atoms with Gasteiger partial charge in [0.05, 0.1) is 6.61 Å². The molecule has 9 heteroatoms. The molecule has 0 aliphatic rings. The van der Waals surface area contributed by atoms with Crippen LogP contribution in [0.5, 0.6) is 5.75 Å². The molecule has 2 aromatic carbocycles. The monoisotopic (exact) mass is 467 g/mol. The quantitative estimate of drug-likeness (QED) is 0.407. The van der Waals surface area contributed by atoms with Crippen molar-refractivity contribution in [3.63, 3.8) is 0 Å². The van der Waals surface area contributed by atoms with Crippen LogP contribution in [0.25, 0.3) is 10.6 Å². The van der Waals surface area contributed by atoms with Crippen LogP contribution in [0.15, 0.2) is 48.5 Å². The van der Waals surface area contributed by atoms with Crippen molar-refractivity contribution in [2.75, 3.05) is 17.2 Å². The normalized spacial score (nSPS) is 12.5. The first kappa shape index (κ1) is 24.2. The molecule has 0 radical (unpaired) electrons.